The lowest BCUT2D eigenvalue weighted by Crippen LogP contribution is -2.42. The number of carbonyl (C=O) groups is 3. The maximum absolute atomic E-state index is 13.2. The lowest BCUT2D eigenvalue weighted by atomic mass is 10.1. The highest BCUT2D eigenvalue weighted by molar-refractivity contribution is 5.98. The summed E-state index contributed by atoms with van der Waals surface area (Å²) in [5.41, 5.74) is 1.75. The zero-order valence-corrected chi connectivity index (χ0v) is 13.6. The highest BCUT2D eigenvalue weighted by Gasteiger charge is 2.30. The van der Waals surface area contributed by atoms with Crippen LogP contribution in [-0.2, 0) is 11.3 Å². The number of phenolic OH excluding ortho intramolecular Hbond substituents is 1. The number of nitrogens with zero attached hydrogens (tertiary/aromatic N) is 1. The van der Waals surface area contributed by atoms with Crippen molar-refractivity contribution >= 4 is 18.3 Å². The van der Waals surface area contributed by atoms with Gasteiger partial charge in [0.25, 0.3) is 5.91 Å². The minimum absolute atomic E-state index is 0.00230. The van der Waals surface area contributed by atoms with Crippen molar-refractivity contribution in [3.8, 4) is 5.75 Å². The number of benzene rings is 2. The summed E-state index contributed by atoms with van der Waals surface area (Å²) in [5, 5.41) is 14.1. The molecule has 0 bridgehead atoms. The van der Waals surface area contributed by atoms with E-state index in [2.05, 4.69) is 5.32 Å². The first-order chi connectivity index (χ1) is 12.5. The minimum atomic E-state index is -0.726. The second kappa shape index (κ2) is 7.22. The number of carbonyl (C=O) groups excluding carboxylic acids is 3. The van der Waals surface area contributed by atoms with Crippen LogP contribution in [0.1, 0.15) is 27.5 Å². The molecule has 26 heavy (non-hydrogen) atoms. The summed E-state index contributed by atoms with van der Waals surface area (Å²) in [6.07, 6.45) is 0.247. The largest absolute Gasteiger partial charge is 0.508 e. The Bertz CT molecular complexity index is 854. The summed E-state index contributed by atoms with van der Waals surface area (Å²) >= 11 is 0. The van der Waals surface area contributed by atoms with Crippen LogP contribution in [0.25, 0.3) is 0 Å². The molecule has 0 fully saturated rings. The van der Waals surface area contributed by atoms with Gasteiger partial charge in [0.1, 0.15) is 11.6 Å². The first-order valence-corrected chi connectivity index (χ1v) is 7.85. The van der Waals surface area contributed by atoms with Crippen molar-refractivity contribution in [2.24, 2.45) is 0 Å². The molecule has 3 N–H and O–H groups in total. The molecule has 1 heterocycles. The molecular formula is C18H16FN3O4. The summed E-state index contributed by atoms with van der Waals surface area (Å²) in [7, 11) is 0. The molecule has 1 aliphatic heterocycles. The van der Waals surface area contributed by atoms with Crippen LogP contribution in [0.2, 0.25) is 0 Å². The summed E-state index contributed by atoms with van der Waals surface area (Å²) in [4.78, 5) is 36.3. The molecule has 0 spiro atoms. The van der Waals surface area contributed by atoms with Gasteiger partial charge in [-0.3, -0.25) is 14.9 Å². The number of urea groups is 1. The van der Waals surface area contributed by atoms with Crippen molar-refractivity contribution in [1.29, 1.82) is 0 Å². The first kappa shape index (κ1) is 17.4. The molecule has 0 radical (unpaired) electrons. The van der Waals surface area contributed by atoms with Gasteiger partial charge in [-0.25, -0.2) is 9.18 Å². The third-order valence-electron chi connectivity index (χ3n) is 4.14. The normalized spacial score (nSPS) is 13.9. The van der Waals surface area contributed by atoms with Crippen LogP contribution in [-0.4, -0.2) is 34.9 Å². The molecule has 2 aromatic carbocycles. The van der Waals surface area contributed by atoms with E-state index in [1.807, 2.05) is 5.32 Å². The van der Waals surface area contributed by atoms with E-state index in [1.54, 1.807) is 6.07 Å². The second-order valence-electron chi connectivity index (χ2n) is 5.87. The van der Waals surface area contributed by atoms with Gasteiger partial charge in [0.05, 0.1) is 6.04 Å². The highest BCUT2D eigenvalue weighted by atomic mass is 19.1. The molecule has 8 heteroatoms. The Hall–Kier alpha value is -3.42. The van der Waals surface area contributed by atoms with Crippen molar-refractivity contribution in [3.63, 3.8) is 0 Å². The standard InChI is InChI=1S/C18H16FN3O4/c19-13-4-1-11(2-5-13)16(21-18(26)20-10-23)9-22-8-12-3-6-14(24)7-15(12)17(22)25/h1-7,10,16,24H,8-9H2,(H2,20,21,23,26)/t16-/m0/s1. The summed E-state index contributed by atoms with van der Waals surface area (Å²) in [6, 6.07) is 8.70. The number of nitrogens with one attached hydrogen (secondary N) is 2. The molecule has 1 aliphatic rings. The van der Waals surface area contributed by atoms with Crippen LogP contribution < -0.4 is 10.6 Å². The lowest BCUT2D eigenvalue weighted by Gasteiger charge is -2.25. The van der Waals surface area contributed by atoms with Gasteiger partial charge in [-0.05, 0) is 35.4 Å². The number of hydrogen-bond acceptors (Lipinski definition) is 4. The van der Waals surface area contributed by atoms with E-state index in [9.17, 15) is 23.9 Å². The third-order valence-corrected chi connectivity index (χ3v) is 4.14. The summed E-state index contributed by atoms with van der Waals surface area (Å²) in [5.74, 6) is -0.705. The van der Waals surface area contributed by atoms with Crippen LogP contribution >= 0.6 is 0 Å². The third kappa shape index (κ3) is 3.64. The number of imide groups is 1. The molecular weight excluding hydrogens is 341 g/mol. The monoisotopic (exact) mass is 357 g/mol. The smallest absolute Gasteiger partial charge is 0.321 e. The molecule has 0 saturated heterocycles. The van der Waals surface area contributed by atoms with E-state index in [4.69, 9.17) is 0 Å². The Labute approximate surface area is 148 Å². The molecule has 2 aromatic rings. The van der Waals surface area contributed by atoms with Crippen molar-refractivity contribution in [2.45, 2.75) is 12.6 Å². The average Bonchev–Trinajstić information content (AvgIpc) is 2.91. The number of rotatable bonds is 5. The maximum atomic E-state index is 13.2. The molecule has 1 atom stereocenters. The van der Waals surface area contributed by atoms with Gasteiger partial charge in [-0.15, -0.1) is 0 Å². The van der Waals surface area contributed by atoms with Crippen LogP contribution in [0, 0.1) is 5.82 Å². The molecule has 134 valence electrons. The predicted molar refractivity (Wildman–Crippen MR) is 89.7 cm³/mol. The maximum Gasteiger partial charge on any atom is 0.321 e. The zero-order chi connectivity index (χ0) is 18.7. The van der Waals surface area contributed by atoms with Gasteiger partial charge < -0.3 is 15.3 Å². The van der Waals surface area contributed by atoms with Crippen molar-refractivity contribution in [2.75, 3.05) is 6.54 Å². The van der Waals surface area contributed by atoms with Crippen LogP contribution in [0.5, 0.6) is 5.75 Å². The van der Waals surface area contributed by atoms with Gasteiger partial charge in [0.15, 0.2) is 0 Å². The number of phenols is 1. The average molecular weight is 357 g/mol. The number of fused-ring (bicyclic) bond motifs is 1. The Morgan fingerprint density at radius 2 is 2.00 bits per heavy atom. The number of hydrogen-bond donors (Lipinski definition) is 3. The number of amides is 4. The summed E-state index contributed by atoms with van der Waals surface area (Å²) < 4.78 is 13.2. The van der Waals surface area contributed by atoms with Crippen molar-refractivity contribution in [1.82, 2.24) is 15.5 Å². The molecule has 3 rings (SSSR count). The zero-order valence-electron chi connectivity index (χ0n) is 13.6. The van der Waals surface area contributed by atoms with Gasteiger partial charge in [-0.2, -0.15) is 0 Å². The molecule has 0 aliphatic carbocycles. The highest BCUT2D eigenvalue weighted by Crippen LogP contribution is 2.28. The fraction of sp³-hybridized carbons (Fsp3) is 0.167. The van der Waals surface area contributed by atoms with E-state index in [-0.39, 0.29) is 24.6 Å². The summed E-state index contributed by atoms with van der Waals surface area (Å²) in [6.45, 7) is 0.440. The van der Waals surface area contributed by atoms with Gasteiger partial charge in [0.2, 0.25) is 6.41 Å². The lowest BCUT2D eigenvalue weighted by molar-refractivity contribution is -0.108. The van der Waals surface area contributed by atoms with E-state index < -0.39 is 17.9 Å². The van der Waals surface area contributed by atoms with Crippen LogP contribution in [0.15, 0.2) is 42.5 Å². The van der Waals surface area contributed by atoms with E-state index >= 15 is 0 Å². The first-order valence-electron chi connectivity index (χ1n) is 7.85. The predicted octanol–water partition coefficient (Wildman–Crippen LogP) is 1.68. The van der Waals surface area contributed by atoms with Crippen LogP contribution in [0.4, 0.5) is 9.18 Å². The van der Waals surface area contributed by atoms with Gasteiger partial charge >= 0.3 is 6.03 Å². The van der Waals surface area contributed by atoms with Crippen LogP contribution in [0.3, 0.4) is 0 Å². The van der Waals surface area contributed by atoms with E-state index in [1.165, 1.54) is 41.3 Å². The van der Waals surface area contributed by atoms with Crippen molar-refractivity contribution in [3.05, 3.63) is 65.0 Å². The minimum Gasteiger partial charge on any atom is -0.508 e. The van der Waals surface area contributed by atoms with Gasteiger partial charge in [0, 0.05) is 18.7 Å². The fourth-order valence-electron chi connectivity index (χ4n) is 2.90. The van der Waals surface area contributed by atoms with Crippen molar-refractivity contribution < 1.29 is 23.9 Å². The number of halogens is 1. The van der Waals surface area contributed by atoms with Gasteiger partial charge in [-0.1, -0.05) is 18.2 Å². The fourth-order valence-corrected chi connectivity index (χ4v) is 2.90. The SMILES string of the molecule is O=CNC(=O)N[C@@H](CN1Cc2ccc(O)cc2C1=O)c1ccc(F)cc1. The topological polar surface area (TPSA) is 98.7 Å². The Kier molecular flexibility index (Phi) is 4.83. The van der Waals surface area contributed by atoms with E-state index in [0.29, 0.717) is 17.7 Å². The molecule has 7 nitrogen and oxygen atoms in total. The number of aromatic hydroxyl groups is 1. The molecule has 0 aromatic heterocycles. The second-order valence-corrected chi connectivity index (χ2v) is 5.87. The Balaban J connectivity index is 1.81. The Morgan fingerprint density at radius 1 is 1.27 bits per heavy atom. The molecule has 4 amide bonds. The molecule has 0 unspecified atom stereocenters. The quantitative estimate of drug-likeness (QED) is 0.709. The molecule has 0 saturated carbocycles. The Morgan fingerprint density at radius 3 is 2.69 bits per heavy atom. The van der Waals surface area contributed by atoms with E-state index in [0.717, 1.165) is 5.56 Å².